The topological polar surface area (TPSA) is 43.9 Å². The van der Waals surface area contributed by atoms with Gasteiger partial charge in [-0.15, -0.1) is 0 Å². The Kier molecular flexibility index (Phi) is 9.31. The minimum absolute atomic E-state index is 0.0372. The van der Waals surface area contributed by atoms with Crippen molar-refractivity contribution in [2.45, 2.75) is 43.7 Å². The molecule has 2 aliphatic rings. The van der Waals surface area contributed by atoms with Gasteiger partial charge in [-0.25, -0.2) is 4.39 Å². The summed E-state index contributed by atoms with van der Waals surface area (Å²) in [5.41, 5.74) is 1.26. The van der Waals surface area contributed by atoms with Crippen molar-refractivity contribution in [3.05, 3.63) is 98.8 Å². The Morgan fingerprint density at radius 1 is 1.00 bits per heavy atom. The fraction of sp³-hybridized carbons (Fsp3) is 0.394. The SMILES string of the molecule is CC(=O)N1CC2(CCN(CC[C@H](CN(C)C(=O)c3ccc(F)c(C(F)(F)F)c3)c3ccc(Cl)c(Cl)c3)CC2)c2ccccc21. The van der Waals surface area contributed by atoms with Crippen molar-refractivity contribution >= 4 is 40.7 Å². The lowest BCUT2D eigenvalue weighted by Gasteiger charge is -2.40. The molecule has 2 aliphatic heterocycles. The molecule has 1 spiro atoms. The van der Waals surface area contributed by atoms with E-state index in [0.717, 1.165) is 49.8 Å². The summed E-state index contributed by atoms with van der Waals surface area (Å²) >= 11 is 12.5. The summed E-state index contributed by atoms with van der Waals surface area (Å²) < 4.78 is 53.7. The molecular weight excluding hydrogens is 617 g/mol. The summed E-state index contributed by atoms with van der Waals surface area (Å²) in [6.45, 7) is 4.86. The number of carbonyl (C=O) groups is 2. The molecule has 0 aromatic heterocycles. The lowest BCUT2D eigenvalue weighted by molar-refractivity contribution is -0.140. The van der Waals surface area contributed by atoms with Gasteiger partial charge in [0.25, 0.3) is 5.91 Å². The third kappa shape index (κ3) is 6.60. The maximum atomic E-state index is 13.8. The van der Waals surface area contributed by atoms with Crippen molar-refractivity contribution in [1.82, 2.24) is 9.80 Å². The number of para-hydroxylation sites is 1. The van der Waals surface area contributed by atoms with Gasteiger partial charge in [0.2, 0.25) is 5.91 Å². The number of nitrogens with zero attached hydrogens (tertiary/aromatic N) is 3. The standard InChI is InChI=1S/C33H33Cl2F4N3O2/c1-21(43)42-20-32(25-5-3-4-6-30(25)42)12-15-41(16-13-32)14-11-24(22-7-9-27(34)28(35)18-22)19-40(2)31(44)23-8-10-29(36)26(17-23)33(37,38)39/h3-10,17-18,24H,11-16,19-20H2,1-2H3/t24-/m1/s1. The summed E-state index contributed by atoms with van der Waals surface area (Å²) in [5, 5.41) is 0.758. The number of halogens is 6. The average Bonchev–Trinajstić information content (AvgIpc) is 3.31. The molecule has 5 nitrogen and oxygen atoms in total. The molecule has 0 saturated carbocycles. The number of rotatable bonds is 7. The van der Waals surface area contributed by atoms with Crippen molar-refractivity contribution in [3.8, 4) is 0 Å². The molecule has 2 heterocycles. The molecule has 3 aromatic rings. The Hall–Kier alpha value is -3.14. The summed E-state index contributed by atoms with van der Waals surface area (Å²) in [4.78, 5) is 31.2. The largest absolute Gasteiger partial charge is 0.419 e. The van der Waals surface area contributed by atoms with Gasteiger partial charge in [0.05, 0.1) is 15.6 Å². The zero-order chi connectivity index (χ0) is 31.8. The molecule has 0 unspecified atom stereocenters. The number of piperidine rings is 1. The van der Waals surface area contributed by atoms with Crippen LogP contribution < -0.4 is 4.90 Å². The zero-order valence-corrected chi connectivity index (χ0v) is 25.9. The molecule has 0 bridgehead atoms. The van der Waals surface area contributed by atoms with E-state index in [4.69, 9.17) is 23.2 Å². The predicted octanol–water partition coefficient (Wildman–Crippen LogP) is 7.80. The number of amides is 2. The Morgan fingerprint density at radius 2 is 1.70 bits per heavy atom. The molecule has 3 aromatic carbocycles. The van der Waals surface area contributed by atoms with Crippen LogP contribution in [-0.4, -0.2) is 61.4 Å². The maximum Gasteiger partial charge on any atom is 0.419 e. The van der Waals surface area contributed by atoms with Gasteiger partial charge in [0.1, 0.15) is 5.82 Å². The lowest BCUT2D eigenvalue weighted by Crippen LogP contribution is -2.46. The first kappa shape index (κ1) is 32.3. The smallest absolute Gasteiger partial charge is 0.341 e. The third-order valence-electron chi connectivity index (χ3n) is 8.99. The highest BCUT2D eigenvalue weighted by Gasteiger charge is 2.45. The first-order chi connectivity index (χ1) is 20.8. The van der Waals surface area contributed by atoms with E-state index in [1.807, 2.05) is 29.2 Å². The Bertz CT molecular complexity index is 1560. The van der Waals surface area contributed by atoms with Crippen LogP contribution in [0.15, 0.2) is 60.7 Å². The lowest BCUT2D eigenvalue weighted by atomic mass is 9.74. The first-order valence-corrected chi connectivity index (χ1v) is 15.2. The van der Waals surface area contributed by atoms with Crippen molar-refractivity contribution < 1.29 is 27.2 Å². The normalized spacial score (nSPS) is 17.0. The molecule has 234 valence electrons. The fourth-order valence-electron chi connectivity index (χ4n) is 6.52. The van der Waals surface area contributed by atoms with Crippen LogP contribution in [0, 0.1) is 5.82 Å². The molecule has 5 rings (SSSR count). The second kappa shape index (κ2) is 12.7. The van der Waals surface area contributed by atoms with Crippen LogP contribution in [0.4, 0.5) is 23.2 Å². The summed E-state index contributed by atoms with van der Waals surface area (Å²) in [6, 6.07) is 15.7. The number of hydrogen-bond acceptors (Lipinski definition) is 3. The van der Waals surface area contributed by atoms with Crippen LogP contribution in [0.1, 0.15) is 59.2 Å². The molecular formula is C33H33Cl2F4N3O2. The summed E-state index contributed by atoms with van der Waals surface area (Å²) in [5.74, 6) is -2.23. The minimum Gasteiger partial charge on any atom is -0.341 e. The van der Waals surface area contributed by atoms with E-state index in [1.54, 1.807) is 19.1 Å². The van der Waals surface area contributed by atoms with Crippen LogP contribution in [0.2, 0.25) is 10.0 Å². The molecule has 1 atom stereocenters. The number of carbonyl (C=O) groups excluding carboxylic acids is 2. The zero-order valence-electron chi connectivity index (χ0n) is 24.4. The fourth-order valence-corrected chi connectivity index (χ4v) is 6.83. The van der Waals surface area contributed by atoms with Crippen molar-refractivity contribution in [2.75, 3.05) is 44.7 Å². The number of benzene rings is 3. The summed E-state index contributed by atoms with van der Waals surface area (Å²) in [7, 11) is 1.52. The number of likely N-dealkylation sites (N-methyl/N-ethyl adjacent to an activating group) is 1. The van der Waals surface area contributed by atoms with Gasteiger partial charge in [0, 0.05) is 49.6 Å². The van der Waals surface area contributed by atoms with Crippen LogP contribution >= 0.6 is 23.2 Å². The second-order valence-electron chi connectivity index (χ2n) is 11.8. The molecule has 2 amide bonds. The van der Waals surface area contributed by atoms with Gasteiger partial charge in [-0.3, -0.25) is 9.59 Å². The van der Waals surface area contributed by atoms with E-state index in [-0.39, 0.29) is 29.3 Å². The third-order valence-corrected chi connectivity index (χ3v) is 9.73. The van der Waals surface area contributed by atoms with Crippen LogP contribution in [-0.2, 0) is 16.4 Å². The van der Waals surface area contributed by atoms with Gasteiger partial charge >= 0.3 is 6.18 Å². The average molecular weight is 651 g/mol. The van der Waals surface area contributed by atoms with Gasteiger partial charge in [-0.2, -0.15) is 13.2 Å². The number of likely N-dealkylation sites (tertiary alicyclic amines) is 1. The van der Waals surface area contributed by atoms with E-state index >= 15 is 0 Å². The number of anilines is 1. The predicted molar refractivity (Wildman–Crippen MR) is 164 cm³/mol. The van der Waals surface area contributed by atoms with E-state index in [2.05, 4.69) is 11.0 Å². The van der Waals surface area contributed by atoms with Crippen LogP contribution in [0.25, 0.3) is 0 Å². The maximum absolute atomic E-state index is 13.8. The molecule has 11 heteroatoms. The van der Waals surface area contributed by atoms with E-state index in [1.165, 1.54) is 17.5 Å². The van der Waals surface area contributed by atoms with Crippen LogP contribution in [0.5, 0.6) is 0 Å². The molecule has 0 radical (unpaired) electrons. The van der Waals surface area contributed by atoms with Crippen molar-refractivity contribution in [2.24, 2.45) is 0 Å². The van der Waals surface area contributed by atoms with Crippen molar-refractivity contribution in [1.29, 1.82) is 0 Å². The number of alkyl halides is 3. The molecule has 0 aliphatic carbocycles. The highest BCUT2D eigenvalue weighted by atomic mass is 35.5. The van der Waals surface area contributed by atoms with E-state index < -0.39 is 23.5 Å². The number of hydrogen-bond donors (Lipinski definition) is 0. The van der Waals surface area contributed by atoms with Crippen LogP contribution in [0.3, 0.4) is 0 Å². The van der Waals surface area contributed by atoms with Crippen molar-refractivity contribution in [3.63, 3.8) is 0 Å². The van der Waals surface area contributed by atoms with Gasteiger partial charge in [-0.05, 0) is 86.4 Å². The minimum atomic E-state index is -4.92. The second-order valence-corrected chi connectivity index (χ2v) is 12.6. The molecule has 1 fully saturated rings. The number of fused-ring (bicyclic) bond motifs is 2. The van der Waals surface area contributed by atoms with E-state index in [0.29, 0.717) is 35.1 Å². The molecule has 1 saturated heterocycles. The monoisotopic (exact) mass is 649 g/mol. The Morgan fingerprint density at radius 3 is 2.36 bits per heavy atom. The molecule has 0 N–H and O–H groups in total. The van der Waals surface area contributed by atoms with Gasteiger partial charge in [-0.1, -0.05) is 47.5 Å². The highest BCUT2D eigenvalue weighted by molar-refractivity contribution is 6.42. The van der Waals surface area contributed by atoms with Gasteiger partial charge < -0.3 is 14.7 Å². The first-order valence-electron chi connectivity index (χ1n) is 14.5. The summed E-state index contributed by atoms with van der Waals surface area (Å²) in [6.07, 6.45) is -2.47. The highest BCUT2D eigenvalue weighted by Crippen LogP contribution is 2.47. The van der Waals surface area contributed by atoms with E-state index in [9.17, 15) is 27.2 Å². The molecule has 44 heavy (non-hydrogen) atoms. The Balaban J connectivity index is 1.29. The Labute approximate surface area is 264 Å². The quantitative estimate of drug-likeness (QED) is 0.245. The van der Waals surface area contributed by atoms with Gasteiger partial charge in [0.15, 0.2) is 0 Å².